The topological polar surface area (TPSA) is 76.0 Å². The first-order valence-corrected chi connectivity index (χ1v) is 10.4. The van der Waals surface area contributed by atoms with Gasteiger partial charge in [-0.2, -0.15) is 5.10 Å². The number of fused-ring (bicyclic) bond motifs is 1. The summed E-state index contributed by atoms with van der Waals surface area (Å²) in [5.41, 5.74) is 3.72. The fraction of sp³-hybridized carbons (Fsp3) is 0.240. The Labute approximate surface area is 181 Å². The number of aromatic nitrogens is 2. The van der Waals surface area contributed by atoms with Crippen molar-refractivity contribution in [3.63, 3.8) is 0 Å². The predicted octanol–water partition coefficient (Wildman–Crippen LogP) is 4.79. The van der Waals surface area contributed by atoms with Crippen LogP contribution in [0.3, 0.4) is 0 Å². The zero-order valence-corrected chi connectivity index (χ0v) is 17.6. The molecule has 2 N–H and O–H groups in total. The molecule has 0 bridgehead atoms. The van der Waals surface area contributed by atoms with Crippen molar-refractivity contribution in [3.05, 3.63) is 89.3 Å². The highest BCUT2D eigenvalue weighted by molar-refractivity contribution is 6.06. The zero-order chi connectivity index (χ0) is 21.6. The Balaban J connectivity index is 1.58. The Hall–Kier alpha value is -3.67. The van der Waals surface area contributed by atoms with Crippen molar-refractivity contribution in [3.8, 4) is 0 Å². The molecule has 156 valence electrons. The molecular formula is C25H24N4O2. The summed E-state index contributed by atoms with van der Waals surface area (Å²) in [4.78, 5) is 25.9. The van der Waals surface area contributed by atoms with Crippen LogP contribution in [0.5, 0.6) is 0 Å². The molecule has 2 aromatic carbocycles. The summed E-state index contributed by atoms with van der Waals surface area (Å²) in [6.45, 7) is 4.22. The van der Waals surface area contributed by atoms with Gasteiger partial charge in [-0.05, 0) is 29.5 Å². The first kappa shape index (κ1) is 19.3. The number of anilines is 2. The molecule has 1 atom stereocenters. The highest BCUT2D eigenvalue weighted by atomic mass is 16.1. The molecule has 2 aliphatic rings. The van der Waals surface area contributed by atoms with Gasteiger partial charge in [0, 0.05) is 23.3 Å². The van der Waals surface area contributed by atoms with Gasteiger partial charge in [-0.3, -0.25) is 9.59 Å². The number of amides is 1. The maximum atomic E-state index is 13.2. The average molecular weight is 412 g/mol. The van der Waals surface area contributed by atoms with Crippen molar-refractivity contribution < 1.29 is 9.59 Å². The lowest BCUT2D eigenvalue weighted by Crippen LogP contribution is -2.36. The number of benzene rings is 2. The molecule has 1 aliphatic heterocycles. The first-order chi connectivity index (χ1) is 14.9. The van der Waals surface area contributed by atoms with Gasteiger partial charge in [-0.15, -0.1) is 0 Å². The molecular weight excluding hydrogens is 388 g/mol. The van der Waals surface area contributed by atoms with Crippen molar-refractivity contribution >= 4 is 23.2 Å². The van der Waals surface area contributed by atoms with E-state index in [9.17, 15) is 9.59 Å². The summed E-state index contributed by atoms with van der Waals surface area (Å²) in [7, 11) is 0. The van der Waals surface area contributed by atoms with Gasteiger partial charge >= 0.3 is 0 Å². The van der Waals surface area contributed by atoms with Crippen molar-refractivity contribution in [1.82, 2.24) is 9.78 Å². The second-order valence-corrected chi connectivity index (χ2v) is 8.94. The van der Waals surface area contributed by atoms with E-state index < -0.39 is 0 Å². The average Bonchev–Trinajstić information content (AvgIpc) is 3.14. The largest absolute Gasteiger partial charge is 0.342 e. The van der Waals surface area contributed by atoms with Crippen LogP contribution < -0.4 is 10.6 Å². The highest BCUT2D eigenvalue weighted by Crippen LogP contribution is 2.47. The molecule has 0 spiro atoms. The van der Waals surface area contributed by atoms with Gasteiger partial charge in [0.05, 0.1) is 6.20 Å². The number of rotatable bonds is 3. The lowest BCUT2D eigenvalue weighted by molar-refractivity contribution is -0.118. The van der Waals surface area contributed by atoms with Crippen molar-refractivity contribution in [2.45, 2.75) is 32.7 Å². The molecule has 1 aliphatic carbocycles. The first-order valence-electron chi connectivity index (χ1n) is 10.4. The summed E-state index contributed by atoms with van der Waals surface area (Å²) in [6, 6.07) is 18.7. The number of hydrogen-bond donors (Lipinski definition) is 2. The fourth-order valence-electron chi connectivity index (χ4n) is 4.53. The predicted molar refractivity (Wildman–Crippen MR) is 120 cm³/mol. The summed E-state index contributed by atoms with van der Waals surface area (Å²) in [5.74, 6) is 0.639. The SMILES string of the molecule is CC1(C)CC(=O)C2=C(C1)Nc1c(NC(=O)c3ccccc3)cnn1C2c1ccccc1. The number of hydrogen-bond acceptors (Lipinski definition) is 4. The van der Waals surface area contributed by atoms with Crippen molar-refractivity contribution in [2.24, 2.45) is 5.41 Å². The normalized spacial score (nSPS) is 19.3. The Kier molecular flexibility index (Phi) is 4.50. The number of nitrogens with zero attached hydrogens (tertiary/aromatic N) is 2. The molecule has 1 aromatic heterocycles. The van der Waals surface area contributed by atoms with Crippen molar-refractivity contribution in [1.29, 1.82) is 0 Å². The molecule has 5 rings (SSSR count). The summed E-state index contributed by atoms with van der Waals surface area (Å²) in [6.07, 6.45) is 2.91. The standard InChI is InChI=1S/C25H24N4O2/c1-25(2)13-18-21(20(30)14-25)22(16-9-5-3-6-10-16)29-23(27-18)19(15-26-29)28-24(31)17-11-7-4-8-12-17/h3-12,15,22,27H,13-14H2,1-2H3,(H,28,31). The number of carbonyl (C=O) groups excluding carboxylic acids is 2. The van der Waals surface area contributed by atoms with Crippen LogP contribution in [0.2, 0.25) is 0 Å². The van der Waals surface area contributed by atoms with E-state index in [-0.39, 0.29) is 23.1 Å². The van der Waals surface area contributed by atoms with Gasteiger partial charge in [0.15, 0.2) is 11.6 Å². The Morgan fingerprint density at radius 3 is 2.45 bits per heavy atom. The van der Waals surface area contributed by atoms with Crippen LogP contribution in [-0.4, -0.2) is 21.5 Å². The minimum Gasteiger partial charge on any atom is -0.342 e. The quantitative estimate of drug-likeness (QED) is 0.648. The molecule has 0 radical (unpaired) electrons. The minimum atomic E-state index is -0.321. The van der Waals surface area contributed by atoms with Crippen LogP contribution in [-0.2, 0) is 4.79 Å². The maximum Gasteiger partial charge on any atom is 0.255 e. The number of nitrogens with one attached hydrogen (secondary N) is 2. The molecule has 31 heavy (non-hydrogen) atoms. The van der Waals surface area contributed by atoms with Gasteiger partial charge in [0.25, 0.3) is 5.91 Å². The van der Waals surface area contributed by atoms with Crippen LogP contribution in [0.4, 0.5) is 11.5 Å². The van der Waals surface area contributed by atoms with Crippen LogP contribution in [0.1, 0.15) is 48.7 Å². The van der Waals surface area contributed by atoms with Crippen LogP contribution in [0.25, 0.3) is 0 Å². The maximum absolute atomic E-state index is 13.2. The molecule has 6 heteroatoms. The summed E-state index contributed by atoms with van der Waals surface area (Å²) in [5, 5.41) is 11.0. The number of carbonyl (C=O) groups is 2. The van der Waals surface area contributed by atoms with Crippen LogP contribution >= 0.6 is 0 Å². The highest BCUT2D eigenvalue weighted by Gasteiger charge is 2.41. The van der Waals surface area contributed by atoms with E-state index in [0.29, 0.717) is 23.5 Å². The molecule has 0 saturated carbocycles. The zero-order valence-electron chi connectivity index (χ0n) is 17.6. The second kappa shape index (κ2) is 7.23. The monoisotopic (exact) mass is 412 g/mol. The van der Waals surface area contributed by atoms with Gasteiger partial charge in [0.2, 0.25) is 0 Å². The molecule has 1 unspecified atom stereocenters. The molecule has 3 aromatic rings. The molecule has 0 fully saturated rings. The van der Waals surface area contributed by atoms with E-state index in [1.807, 2.05) is 53.2 Å². The van der Waals surface area contributed by atoms with Gasteiger partial charge in [0.1, 0.15) is 11.7 Å². The molecule has 2 heterocycles. The van der Waals surface area contributed by atoms with E-state index in [1.165, 1.54) is 0 Å². The van der Waals surface area contributed by atoms with E-state index in [0.717, 1.165) is 23.3 Å². The third-order valence-corrected chi connectivity index (χ3v) is 5.90. The minimum absolute atomic E-state index is 0.125. The number of allylic oxidation sites excluding steroid dienone is 2. The lowest BCUT2D eigenvalue weighted by atomic mass is 9.73. The fourth-order valence-corrected chi connectivity index (χ4v) is 4.53. The van der Waals surface area contributed by atoms with E-state index in [4.69, 9.17) is 0 Å². The van der Waals surface area contributed by atoms with Gasteiger partial charge in [-0.25, -0.2) is 4.68 Å². The molecule has 1 amide bonds. The third kappa shape index (κ3) is 3.44. The summed E-state index contributed by atoms with van der Waals surface area (Å²) >= 11 is 0. The van der Waals surface area contributed by atoms with Gasteiger partial charge in [-0.1, -0.05) is 62.4 Å². The Morgan fingerprint density at radius 1 is 1.06 bits per heavy atom. The van der Waals surface area contributed by atoms with Crippen molar-refractivity contribution in [2.75, 3.05) is 10.6 Å². The Bertz CT molecular complexity index is 1190. The third-order valence-electron chi connectivity index (χ3n) is 5.90. The van der Waals surface area contributed by atoms with Crippen LogP contribution in [0, 0.1) is 5.41 Å². The van der Waals surface area contributed by atoms with E-state index in [1.54, 1.807) is 18.3 Å². The smallest absolute Gasteiger partial charge is 0.255 e. The molecule has 6 nitrogen and oxygen atoms in total. The van der Waals surface area contributed by atoms with Crippen LogP contribution in [0.15, 0.2) is 78.1 Å². The van der Waals surface area contributed by atoms with E-state index >= 15 is 0 Å². The van der Waals surface area contributed by atoms with E-state index in [2.05, 4.69) is 29.6 Å². The number of Topliss-reactive ketones (excluding diaryl/α,β-unsaturated/α-hetero) is 1. The van der Waals surface area contributed by atoms with Gasteiger partial charge < -0.3 is 10.6 Å². The molecule has 0 saturated heterocycles. The Morgan fingerprint density at radius 2 is 1.74 bits per heavy atom. The lowest BCUT2D eigenvalue weighted by Gasteiger charge is -2.39. The summed E-state index contributed by atoms with van der Waals surface area (Å²) < 4.78 is 1.81. The second-order valence-electron chi connectivity index (χ2n) is 8.94. The number of ketones is 1.